The number of nitrogens with zero attached hydrogens (tertiary/aromatic N) is 1. The zero-order chi connectivity index (χ0) is 21.3. The van der Waals surface area contributed by atoms with E-state index in [4.69, 9.17) is 13.8 Å². The lowest BCUT2D eigenvalue weighted by atomic mass is 10.2. The number of nitrogens with one attached hydrogen (secondary N) is 1. The summed E-state index contributed by atoms with van der Waals surface area (Å²) in [6.45, 7) is 3.38. The molecule has 0 aliphatic rings. The molecule has 0 fully saturated rings. The monoisotopic (exact) mass is 422 g/mol. The molecule has 2 rings (SSSR count). The van der Waals surface area contributed by atoms with Crippen molar-refractivity contribution in [1.82, 2.24) is 5.32 Å². The van der Waals surface area contributed by atoms with Gasteiger partial charge < -0.3 is 19.1 Å². The highest BCUT2D eigenvalue weighted by Crippen LogP contribution is 2.59. The first-order valence-corrected chi connectivity index (χ1v) is 10.6. The van der Waals surface area contributed by atoms with Crippen LogP contribution in [0.2, 0.25) is 0 Å². The number of ether oxygens (including phenoxy) is 1. The summed E-state index contributed by atoms with van der Waals surface area (Å²) in [5.41, 5.74) is 0.764. The largest absolute Gasteiger partial charge is 0.445 e. The van der Waals surface area contributed by atoms with Crippen molar-refractivity contribution in [1.29, 1.82) is 0 Å². The van der Waals surface area contributed by atoms with Crippen LogP contribution in [0.25, 0.3) is 0 Å². The number of alkyl carbamates (subject to hydrolysis) is 1. The number of rotatable bonds is 10. The van der Waals surface area contributed by atoms with Crippen LogP contribution >= 0.6 is 7.60 Å². The Bertz CT molecular complexity index is 866. The van der Waals surface area contributed by atoms with Gasteiger partial charge in [-0.1, -0.05) is 42.5 Å². The van der Waals surface area contributed by atoms with Gasteiger partial charge in [-0.2, -0.15) is 0 Å². The molecule has 0 unspecified atom stereocenters. The lowest BCUT2D eigenvalue weighted by Crippen LogP contribution is -2.30. The zero-order valence-corrected chi connectivity index (χ0v) is 17.0. The zero-order valence-electron chi connectivity index (χ0n) is 16.1. The highest BCUT2D eigenvalue weighted by atomic mass is 31.2. The molecule has 2 aromatic carbocycles. The Hall–Kier alpha value is -2.74. The summed E-state index contributed by atoms with van der Waals surface area (Å²) in [5, 5.41) is 13.6. The first-order valence-electron chi connectivity index (χ1n) is 9.00. The molecule has 0 spiro atoms. The predicted molar refractivity (Wildman–Crippen MR) is 106 cm³/mol. The van der Waals surface area contributed by atoms with Gasteiger partial charge in [0.15, 0.2) is 5.78 Å². The molecular weight excluding hydrogens is 399 g/mol. The van der Waals surface area contributed by atoms with Crippen molar-refractivity contribution in [3.05, 3.63) is 75.8 Å². The first-order chi connectivity index (χ1) is 13.9. The number of hydrogen-bond acceptors (Lipinski definition) is 7. The van der Waals surface area contributed by atoms with Gasteiger partial charge in [-0.15, -0.1) is 0 Å². The van der Waals surface area contributed by atoms with E-state index in [1.807, 2.05) is 6.07 Å². The van der Waals surface area contributed by atoms with Crippen molar-refractivity contribution in [2.75, 3.05) is 13.2 Å². The van der Waals surface area contributed by atoms with E-state index in [-0.39, 0.29) is 31.1 Å². The summed E-state index contributed by atoms with van der Waals surface area (Å²) in [4.78, 5) is 22.9. The molecule has 0 aromatic heterocycles. The molecule has 0 aliphatic carbocycles. The van der Waals surface area contributed by atoms with E-state index in [2.05, 4.69) is 5.32 Å². The maximum Gasteiger partial charge on any atom is 0.408 e. The van der Waals surface area contributed by atoms with Gasteiger partial charge in [0.25, 0.3) is 5.69 Å². The molecule has 1 N–H and O–H groups in total. The Morgan fingerprint density at radius 1 is 1.10 bits per heavy atom. The summed E-state index contributed by atoms with van der Waals surface area (Å²) >= 11 is 0. The van der Waals surface area contributed by atoms with Gasteiger partial charge in [0.1, 0.15) is 6.61 Å². The van der Waals surface area contributed by atoms with Crippen molar-refractivity contribution in [3.63, 3.8) is 0 Å². The highest BCUT2D eigenvalue weighted by molar-refractivity contribution is 7.54. The number of benzene rings is 2. The van der Waals surface area contributed by atoms with Crippen LogP contribution in [-0.2, 0) is 25.0 Å². The molecular formula is C19H23N2O7P. The fourth-order valence-electron chi connectivity index (χ4n) is 2.58. The van der Waals surface area contributed by atoms with E-state index in [0.717, 1.165) is 5.56 Å². The highest BCUT2D eigenvalue weighted by Gasteiger charge is 2.39. The lowest BCUT2D eigenvalue weighted by Gasteiger charge is -2.27. The molecule has 10 heteroatoms. The quantitative estimate of drug-likeness (QED) is 0.332. The standard InChI is InChI=1S/C19H23N2O7P/c1-3-27-29(25,28-4-2)18(16-11-8-12-17(13-16)21(23)24)20-19(22)26-14-15-9-6-5-7-10-15/h5-13,18H,3-4,14H2,1-2H3,(H,20,22)/t18-/m1/s1. The van der Waals surface area contributed by atoms with Gasteiger partial charge in [-0.05, 0) is 25.0 Å². The van der Waals surface area contributed by atoms with Gasteiger partial charge in [0.2, 0.25) is 0 Å². The second kappa shape index (κ2) is 10.7. The molecule has 156 valence electrons. The van der Waals surface area contributed by atoms with E-state index < -0.39 is 24.4 Å². The second-order valence-corrected chi connectivity index (χ2v) is 7.95. The molecule has 2 aromatic rings. The molecule has 0 heterocycles. The Balaban J connectivity index is 2.28. The van der Waals surface area contributed by atoms with Crippen LogP contribution in [0.5, 0.6) is 0 Å². The van der Waals surface area contributed by atoms with Crippen molar-refractivity contribution in [2.45, 2.75) is 26.2 Å². The third kappa shape index (κ3) is 6.39. The van der Waals surface area contributed by atoms with Gasteiger partial charge in [-0.3, -0.25) is 14.7 Å². The van der Waals surface area contributed by atoms with Crippen LogP contribution in [0.15, 0.2) is 54.6 Å². The number of carbonyl (C=O) groups excluding carboxylic acids is 1. The minimum Gasteiger partial charge on any atom is -0.445 e. The lowest BCUT2D eigenvalue weighted by molar-refractivity contribution is -0.384. The van der Waals surface area contributed by atoms with Crippen molar-refractivity contribution >= 4 is 19.4 Å². The third-order valence-corrected chi connectivity index (χ3v) is 6.09. The van der Waals surface area contributed by atoms with Crippen LogP contribution in [0, 0.1) is 10.1 Å². The number of non-ortho nitro benzene ring substituents is 1. The number of carbonyl (C=O) groups is 1. The van der Waals surface area contributed by atoms with Gasteiger partial charge in [-0.25, -0.2) is 4.79 Å². The maximum absolute atomic E-state index is 13.3. The van der Waals surface area contributed by atoms with Gasteiger partial charge >= 0.3 is 13.7 Å². The van der Waals surface area contributed by atoms with E-state index in [9.17, 15) is 19.5 Å². The van der Waals surface area contributed by atoms with Crippen molar-refractivity contribution in [3.8, 4) is 0 Å². The summed E-state index contributed by atoms with van der Waals surface area (Å²) in [6, 6.07) is 14.5. The molecule has 0 bridgehead atoms. The van der Waals surface area contributed by atoms with Gasteiger partial charge in [0.05, 0.1) is 18.1 Å². The minimum atomic E-state index is -3.89. The van der Waals surface area contributed by atoms with Gasteiger partial charge in [0, 0.05) is 12.1 Å². The van der Waals surface area contributed by atoms with Crippen LogP contribution < -0.4 is 5.32 Å². The smallest absolute Gasteiger partial charge is 0.408 e. The fraction of sp³-hybridized carbons (Fsp3) is 0.316. The van der Waals surface area contributed by atoms with Crippen molar-refractivity contribution < 1.29 is 28.1 Å². The molecule has 0 radical (unpaired) electrons. The topological polar surface area (TPSA) is 117 Å². The van der Waals surface area contributed by atoms with Crippen LogP contribution in [-0.4, -0.2) is 24.2 Å². The summed E-state index contributed by atoms with van der Waals surface area (Å²) < 4.78 is 29.2. The van der Waals surface area contributed by atoms with E-state index in [1.54, 1.807) is 38.1 Å². The van der Waals surface area contributed by atoms with E-state index >= 15 is 0 Å². The summed E-state index contributed by atoms with van der Waals surface area (Å²) in [6.07, 6.45) is -0.856. The normalized spacial score (nSPS) is 12.2. The molecule has 9 nitrogen and oxygen atoms in total. The van der Waals surface area contributed by atoms with Crippen LogP contribution in [0.1, 0.15) is 30.8 Å². The molecule has 0 saturated carbocycles. The Labute approximate surface area is 168 Å². The summed E-state index contributed by atoms with van der Waals surface area (Å²) in [5.74, 6) is -1.27. The van der Waals surface area contributed by atoms with Crippen LogP contribution in [0.3, 0.4) is 0 Å². The number of hydrogen-bond donors (Lipinski definition) is 1. The molecule has 0 saturated heterocycles. The number of nitro benzene ring substituents is 1. The van der Waals surface area contributed by atoms with E-state index in [1.165, 1.54) is 24.3 Å². The predicted octanol–water partition coefficient (Wildman–Crippen LogP) is 4.79. The van der Waals surface area contributed by atoms with Crippen molar-refractivity contribution in [2.24, 2.45) is 0 Å². The molecule has 1 atom stereocenters. The van der Waals surface area contributed by atoms with Crippen LogP contribution in [0.4, 0.5) is 10.5 Å². The maximum atomic E-state index is 13.3. The average Bonchev–Trinajstić information content (AvgIpc) is 2.71. The second-order valence-electron chi connectivity index (χ2n) is 5.84. The van der Waals surface area contributed by atoms with E-state index in [0.29, 0.717) is 0 Å². The molecule has 1 amide bonds. The number of amides is 1. The SMILES string of the molecule is CCOP(=O)(OCC)[C@@H](NC(=O)OCc1ccccc1)c1cccc([N+](=O)[O-])c1. The average molecular weight is 422 g/mol. The molecule has 29 heavy (non-hydrogen) atoms. The number of nitro groups is 1. The Morgan fingerprint density at radius 3 is 2.34 bits per heavy atom. The third-order valence-electron chi connectivity index (χ3n) is 3.80. The first kappa shape index (κ1) is 22.5. The minimum absolute atomic E-state index is 0.00189. The molecule has 0 aliphatic heterocycles. The Kier molecular flexibility index (Phi) is 8.33. The fourth-order valence-corrected chi connectivity index (χ4v) is 4.46. The summed E-state index contributed by atoms with van der Waals surface area (Å²) in [7, 11) is -3.89. The Morgan fingerprint density at radius 2 is 1.76 bits per heavy atom.